The van der Waals surface area contributed by atoms with Crippen LogP contribution in [-0.2, 0) is 6.42 Å². The van der Waals surface area contributed by atoms with Gasteiger partial charge in [-0.05, 0) is 61.4 Å². The van der Waals surface area contributed by atoms with Crippen molar-refractivity contribution in [1.29, 1.82) is 0 Å². The fraction of sp³-hybridized carbons (Fsp3) is 0.667. The van der Waals surface area contributed by atoms with Crippen LogP contribution in [0.5, 0.6) is 5.75 Å². The van der Waals surface area contributed by atoms with Gasteiger partial charge in [-0.2, -0.15) is 0 Å². The van der Waals surface area contributed by atoms with Crippen molar-refractivity contribution in [3.05, 3.63) is 28.8 Å². The molecule has 3 heteroatoms. The number of hydrogen-bond donors (Lipinski definition) is 1. The van der Waals surface area contributed by atoms with Crippen molar-refractivity contribution in [2.75, 3.05) is 13.7 Å². The van der Waals surface area contributed by atoms with E-state index in [1.807, 2.05) is 12.1 Å². The van der Waals surface area contributed by atoms with Gasteiger partial charge in [0, 0.05) is 11.1 Å². The highest BCUT2D eigenvalue weighted by atomic mass is 35.5. The average molecular weight is 310 g/mol. The van der Waals surface area contributed by atoms with Crippen LogP contribution in [0, 0.1) is 11.8 Å². The molecule has 1 fully saturated rings. The molecule has 0 bridgehead atoms. The maximum Gasteiger partial charge on any atom is 0.122 e. The van der Waals surface area contributed by atoms with Gasteiger partial charge in [0.05, 0.1) is 7.11 Å². The molecule has 0 heterocycles. The molecule has 1 saturated carbocycles. The number of likely N-dealkylation sites (N-methyl/N-ethyl adjacent to an activating group) is 1. The lowest BCUT2D eigenvalue weighted by Gasteiger charge is -2.25. The molecule has 1 aliphatic rings. The Morgan fingerprint density at radius 2 is 2.14 bits per heavy atom. The number of ether oxygens (including phenoxy) is 1. The van der Waals surface area contributed by atoms with E-state index >= 15 is 0 Å². The second kappa shape index (κ2) is 8.05. The van der Waals surface area contributed by atoms with Gasteiger partial charge in [0.2, 0.25) is 0 Å². The summed E-state index contributed by atoms with van der Waals surface area (Å²) in [5, 5.41) is 4.48. The molecule has 118 valence electrons. The number of rotatable bonds is 7. The zero-order valence-electron chi connectivity index (χ0n) is 13.5. The third-order valence-corrected chi connectivity index (χ3v) is 5.11. The van der Waals surface area contributed by atoms with Gasteiger partial charge in [0.1, 0.15) is 5.75 Å². The molecule has 1 aliphatic carbocycles. The highest BCUT2D eigenvalue weighted by molar-refractivity contribution is 6.30. The van der Waals surface area contributed by atoms with Gasteiger partial charge in [-0.3, -0.25) is 0 Å². The largest absolute Gasteiger partial charge is 0.496 e. The van der Waals surface area contributed by atoms with Gasteiger partial charge in [-0.1, -0.05) is 38.3 Å². The molecule has 0 radical (unpaired) electrons. The third kappa shape index (κ3) is 4.37. The highest BCUT2D eigenvalue weighted by Gasteiger charge is 2.30. The van der Waals surface area contributed by atoms with E-state index in [-0.39, 0.29) is 0 Å². The SMILES string of the molecule is CCNC(Cc1cc(Cl)ccc1OC)C1CCC(CC)C1. The van der Waals surface area contributed by atoms with Crippen LogP contribution in [0.2, 0.25) is 5.02 Å². The standard InChI is InChI=1S/C18H28ClNO/c1-4-13-6-7-14(10-13)17(20-5-2)12-15-11-16(19)8-9-18(15)21-3/h8-9,11,13-14,17,20H,4-7,10,12H2,1-3H3. The van der Waals surface area contributed by atoms with E-state index in [0.717, 1.165) is 35.6 Å². The molecule has 2 rings (SSSR count). The molecule has 3 unspecified atom stereocenters. The Bertz CT molecular complexity index is 449. The van der Waals surface area contributed by atoms with Crippen molar-refractivity contribution in [2.45, 2.75) is 52.0 Å². The maximum absolute atomic E-state index is 6.16. The lowest BCUT2D eigenvalue weighted by molar-refractivity contribution is 0.342. The molecule has 1 aromatic rings. The monoisotopic (exact) mass is 309 g/mol. The Morgan fingerprint density at radius 3 is 2.76 bits per heavy atom. The molecule has 0 aromatic heterocycles. The Kier molecular flexibility index (Phi) is 6.38. The van der Waals surface area contributed by atoms with Gasteiger partial charge in [-0.15, -0.1) is 0 Å². The van der Waals surface area contributed by atoms with Crippen LogP contribution in [0.25, 0.3) is 0 Å². The smallest absolute Gasteiger partial charge is 0.122 e. The van der Waals surface area contributed by atoms with E-state index in [4.69, 9.17) is 16.3 Å². The predicted octanol–water partition coefficient (Wildman–Crippen LogP) is 4.70. The van der Waals surface area contributed by atoms with E-state index in [0.29, 0.717) is 6.04 Å². The van der Waals surface area contributed by atoms with Crippen LogP contribution < -0.4 is 10.1 Å². The molecule has 0 spiro atoms. The molecule has 21 heavy (non-hydrogen) atoms. The van der Waals surface area contributed by atoms with Crippen molar-refractivity contribution >= 4 is 11.6 Å². The molecule has 2 nitrogen and oxygen atoms in total. The average Bonchev–Trinajstić information content (AvgIpc) is 2.96. The molecule has 1 N–H and O–H groups in total. The number of hydrogen-bond acceptors (Lipinski definition) is 2. The number of halogens is 1. The van der Waals surface area contributed by atoms with Gasteiger partial charge in [0.15, 0.2) is 0 Å². The van der Waals surface area contributed by atoms with Gasteiger partial charge < -0.3 is 10.1 Å². The molecule has 1 aromatic carbocycles. The van der Waals surface area contributed by atoms with Gasteiger partial charge >= 0.3 is 0 Å². The van der Waals surface area contributed by atoms with Crippen LogP contribution in [0.1, 0.15) is 45.1 Å². The van der Waals surface area contributed by atoms with Crippen LogP contribution in [0.4, 0.5) is 0 Å². The normalized spacial score (nSPS) is 23.2. The summed E-state index contributed by atoms with van der Waals surface area (Å²) in [6, 6.07) is 6.45. The van der Waals surface area contributed by atoms with E-state index < -0.39 is 0 Å². The minimum absolute atomic E-state index is 0.527. The third-order valence-electron chi connectivity index (χ3n) is 4.88. The Labute approximate surface area is 134 Å². The quantitative estimate of drug-likeness (QED) is 0.788. The van der Waals surface area contributed by atoms with Crippen molar-refractivity contribution in [1.82, 2.24) is 5.32 Å². The Balaban J connectivity index is 2.11. The van der Waals surface area contributed by atoms with Crippen LogP contribution in [-0.4, -0.2) is 19.7 Å². The zero-order valence-corrected chi connectivity index (χ0v) is 14.2. The summed E-state index contributed by atoms with van der Waals surface area (Å²) in [5.74, 6) is 2.64. The van der Waals surface area contributed by atoms with E-state index in [1.165, 1.54) is 31.2 Å². The minimum Gasteiger partial charge on any atom is -0.496 e. The summed E-state index contributed by atoms with van der Waals surface area (Å²) in [4.78, 5) is 0. The predicted molar refractivity (Wildman–Crippen MR) is 90.3 cm³/mol. The van der Waals surface area contributed by atoms with Crippen molar-refractivity contribution in [3.8, 4) is 5.75 Å². The molecular weight excluding hydrogens is 282 g/mol. The fourth-order valence-corrected chi connectivity index (χ4v) is 3.86. The van der Waals surface area contributed by atoms with Crippen LogP contribution in [0.3, 0.4) is 0 Å². The van der Waals surface area contributed by atoms with E-state index in [1.54, 1.807) is 7.11 Å². The first-order valence-corrected chi connectivity index (χ1v) is 8.61. The number of nitrogens with one attached hydrogen (secondary N) is 1. The van der Waals surface area contributed by atoms with Crippen molar-refractivity contribution < 1.29 is 4.74 Å². The second-order valence-corrected chi connectivity index (χ2v) is 6.61. The first-order valence-electron chi connectivity index (χ1n) is 8.23. The summed E-state index contributed by atoms with van der Waals surface area (Å²) in [7, 11) is 1.73. The van der Waals surface area contributed by atoms with Crippen LogP contribution >= 0.6 is 11.6 Å². The molecule has 0 saturated heterocycles. The van der Waals surface area contributed by atoms with Crippen LogP contribution in [0.15, 0.2) is 18.2 Å². The van der Waals surface area contributed by atoms with Crippen molar-refractivity contribution in [3.63, 3.8) is 0 Å². The molecule has 3 atom stereocenters. The maximum atomic E-state index is 6.16. The summed E-state index contributed by atoms with van der Waals surface area (Å²) < 4.78 is 5.50. The summed E-state index contributed by atoms with van der Waals surface area (Å²) in [6.45, 7) is 5.52. The van der Waals surface area contributed by atoms with E-state index in [9.17, 15) is 0 Å². The van der Waals surface area contributed by atoms with Crippen molar-refractivity contribution in [2.24, 2.45) is 11.8 Å². The molecule has 0 aliphatic heterocycles. The minimum atomic E-state index is 0.527. The van der Waals surface area contributed by atoms with E-state index in [2.05, 4.69) is 25.2 Å². The zero-order chi connectivity index (χ0) is 15.2. The Morgan fingerprint density at radius 1 is 1.33 bits per heavy atom. The molecular formula is C18H28ClNO. The molecule has 0 amide bonds. The fourth-order valence-electron chi connectivity index (χ4n) is 3.66. The first kappa shape index (κ1) is 16.6. The topological polar surface area (TPSA) is 21.3 Å². The first-order chi connectivity index (χ1) is 10.2. The Hall–Kier alpha value is -0.730. The summed E-state index contributed by atoms with van der Waals surface area (Å²) in [5.41, 5.74) is 1.22. The second-order valence-electron chi connectivity index (χ2n) is 6.17. The summed E-state index contributed by atoms with van der Waals surface area (Å²) >= 11 is 6.16. The number of benzene rings is 1. The lowest BCUT2D eigenvalue weighted by Crippen LogP contribution is -2.37. The summed E-state index contributed by atoms with van der Waals surface area (Å²) in [6.07, 6.45) is 6.40. The lowest BCUT2D eigenvalue weighted by atomic mass is 9.90. The van der Waals surface area contributed by atoms with Gasteiger partial charge in [0.25, 0.3) is 0 Å². The highest BCUT2D eigenvalue weighted by Crippen LogP contribution is 2.36. The van der Waals surface area contributed by atoms with Gasteiger partial charge in [-0.25, -0.2) is 0 Å². The number of methoxy groups -OCH3 is 1.